The number of thioether (sulfide) groups is 1. The molecular formula is C21H20F3NO2S. The molecule has 0 amide bonds. The van der Waals surface area contributed by atoms with E-state index in [4.69, 9.17) is 0 Å². The van der Waals surface area contributed by atoms with Crippen LogP contribution in [0.4, 0.5) is 18.9 Å². The van der Waals surface area contributed by atoms with Crippen molar-refractivity contribution in [3.05, 3.63) is 65.7 Å². The van der Waals surface area contributed by atoms with Gasteiger partial charge in [0.05, 0.1) is 6.10 Å². The first kappa shape index (κ1) is 20.5. The fraction of sp³-hybridized carbons (Fsp3) is 0.286. The summed E-state index contributed by atoms with van der Waals surface area (Å²) in [6.45, 7) is 1.58. The van der Waals surface area contributed by atoms with Gasteiger partial charge in [-0.1, -0.05) is 18.2 Å². The van der Waals surface area contributed by atoms with E-state index in [0.29, 0.717) is 11.1 Å². The molecule has 0 unspecified atom stereocenters. The van der Waals surface area contributed by atoms with E-state index in [2.05, 4.69) is 4.90 Å². The summed E-state index contributed by atoms with van der Waals surface area (Å²) in [5.74, 6) is -0.172. The number of halogens is 3. The summed E-state index contributed by atoms with van der Waals surface area (Å²) in [7, 11) is 0. The predicted octanol–water partition coefficient (Wildman–Crippen LogP) is 5.16. The van der Waals surface area contributed by atoms with Crippen molar-refractivity contribution in [3.8, 4) is 0 Å². The fourth-order valence-corrected chi connectivity index (χ4v) is 3.55. The van der Waals surface area contributed by atoms with Crippen molar-refractivity contribution in [1.82, 2.24) is 0 Å². The average Bonchev–Trinajstić information content (AvgIpc) is 2.67. The van der Waals surface area contributed by atoms with Crippen LogP contribution in [0, 0.1) is 0 Å². The molecule has 0 bridgehead atoms. The lowest BCUT2D eigenvalue weighted by Gasteiger charge is -2.31. The van der Waals surface area contributed by atoms with Crippen molar-refractivity contribution in [2.24, 2.45) is 0 Å². The zero-order chi connectivity index (χ0) is 20.1. The van der Waals surface area contributed by atoms with Gasteiger partial charge in [0.1, 0.15) is 0 Å². The van der Waals surface area contributed by atoms with Gasteiger partial charge in [-0.15, -0.1) is 0 Å². The molecule has 148 valence electrons. The monoisotopic (exact) mass is 407 g/mol. The number of carbonyl (C=O) groups is 1. The number of aliphatic hydroxyl groups excluding tert-OH is 1. The molecule has 1 aliphatic rings. The SMILES string of the molecule is O=C(C=Cc1ccc(SC(F)(F)F)cc1)c1ccc(N2CCC(O)CC2)cc1. The Kier molecular flexibility index (Phi) is 6.46. The normalized spacial score (nSPS) is 15.9. The van der Waals surface area contributed by atoms with Crippen LogP contribution in [0.2, 0.25) is 0 Å². The van der Waals surface area contributed by atoms with Crippen LogP contribution in [0.15, 0.2) is 59.5 Å². The maximum atomic E-state index is 12.3. The largest absolute Gasteiger partial charge is 0.446 e. The molecule has 1 N–H and O–H groups in total. The molecule has 0 radical (unpaired) electrons. The summed E-state index contributed by atoms with van der Waals surface area (Å²) >= 11 is -0.165. The summed E-state index contributed by atoms with van der Waals surface area (Å²) in [6, 6.07) is 13.2. The Morgan fingerprint density at radius 3 is 2.21 bits per heavy atom. The average molecular weight is 407 g/mol. The molecule has 1 saturated heterocycles. The number of hydrogen-bond acceptors (Lipinski definition) is 4. The van der Waals surface area contributed by atoms with Gasteiger partial charge in [-0.3, -0.25) is 4.79 Å². The highest BCUT2D eigenvalue weighted by Gasteiger charge is 2.28. The quantitative estimate of drug-likeness (QED) is 0.423. The van der Waals surface area contributed by atoms with Gasteiger partial charge in [0.15, 0.2) is 5.78 Å². The Bertz CT molecular complexity index is 824. The van der Waals surface area contributed by atoms with Crippen LogP contribution in [0.5, 0.6) is 0 Å². The van der Waals surface area contributed by atoms with Gasteiger partial charge < -0.3 is 10.0 Å². The topological polar surface area (TPSA) is 40.5 Å². The number of carbonyl (C=O) groups excluding carboxylic acids is 1. The Morgan fingerprint density at radius 1 is 1.04 bits per heavy atom. The van der Waals surface area contributed by atoms with E-state index in [0.717, 1.165) is 31.6 Å². The molecular weight excluding hydrogens is 387 g/mol. The minimum Gasteiger partial charge on any atom is -0.393 e. The van der Waals surface area contributed by atoms with E-state index in [-0.39, 0.29) is 28.5 Å². The molecule has 2 aromatic rings. The maximum absolute atomic E-state index is 12.3. The number of alkyl halides is 3. The smallest absolute Gasteiger partial charge is 0.393 e. The standard InChI is InChI=1S/C21H20F3NO2S/c22-21(23,24)28-19-8-1-15(2-9-19)3-10-20(27)16-4-6-17(7-5-16)25-13-11-18(26)12-14-25/h1-10,18,26H,11-14H2. The summed E-state index contributed by atoms with van der Waals surface area (Å²) in [4.78, 5) is 14.6. The van der Waals surface area contributed by atoms with Crippen molar-refractivity contribution in [2.45, 2.75) is 29.3 Å². The number of rotatable bonds is 5. The van der Waals surface area contributed by atoms with Gasteiger partial charge >= 0.3 is 5.51 Å². The minimum atomic E-state index is -4.31. The lowest BCUT2D eigenvalue weighted by molar-refractivity contribution is -0.0328. The highest BCUT2D eigenvalue weighted by atomic mass is 32.2. The predicted molar refractivity (Wildman–Crippen MR) is 106 cm³/mol. The third-order valence-corrected chi connectivity index (χ3v) is 5.26. The van der Waals surface area contributed by atoms with Gasteiger partial charge in [-0.2, -0.15) is 13.2 Å². The molecule has 1 heterocycles. The second kappa shape index (κ2) is 8.84. The van der Waals surface area contributed by atoms with Crippen LogP contribution in [0.25, 0.3) is 6.08 Å². The molecule has 3 nitrogen and oxygen atoms in total. The van der Waals surface area contributed by atoms with E-state index in [9.17, 15) is 23.1 Å². The number of nitrogens with zero attached hydrogens (tertiary/aromatic N) is 1. The molecule has 3 rings (SSSR count). The lowest BCUT2D eigenvalue weighted by Crippen LogP contribution is -2.35. The first-order valence-electron chi connectivity index (χ1n) is 8.91. The Morgan fingerprint density at radius 2 is 1.64 bits per heavy atom. The first-order chi connectivity index (χ1) is 13.3. The van der Waals surface area contributed by atoms with Crippen LogP contribution in [-0.2, 0) is 0 Å². The maximum Gasteiger partial charge on any atom is 0.446 e. The molecule has 0 spiro atoms. The number of anilines is 1. The lowest BCUT2D eigenvalue weighted by atomic mass is 10.1. The Labute approximate surface area is 165 Å². The zero-order valence-electron chi connectivity index (χ0n) is 15.0. The fourth-order valence-electron chi connectivity index (χ4n) is 3.01. The molecule has 0 aliphatic carbocycles. The summed E-state index contributed by atoms with van der Waals surface area (Å²) < 4.78 is 37.0. The summed E-state index contributed by atoms with van der Waals surface area (Å²) in [5.41, 5.74) is -2.09. The Balaban J connectivity index is 1.59. The molecule has 1 fully saturated rings. The minimum absolute atomic E-state index is 0.108. The van der Waals surface area contributed by atoms with Gasteiger partial charge in [-0.25, -0.2) is 0 Å². The summed E-state index contributed by atoms with van der Waals surface area (Å²) in [5, 5.41) is 9.58. The highest BCUT2D eigenvalue weighted by molar-refractivity contribution is 8.00. The van der Waals surface area contributed by atoms with Gasteiger partial charge in [0.25, 0.3) is 0 Å². The molecule has 2 aromatic carbocycles. The zero-order valence-corrected chi connectivity index (χ0v) is 15.8. The van der Waals surface area contributed by atoms with E-state index in [1.165, 1.54) is 18.2 Å². The third-order valence-electron chi connectivity index (χ3n) is 4.52. The molecule has 0 saturated carbocycles. The van der Waals surface area contributed by atoms with E-state index < -0.39 is 5.51 Å². The second-order valence-corrected chi connectivity index (χ2v) is 7.72. The van der Waals surface area contributed by atoms with E-state index in [1.54, 1.807) is 30.3 Å². The van der Waals surface area contributed by atoms with Gasteiger partial charge in [0.2, 0.25) is 0 Å². The van der Waals surface area contributed by atoms with Crippen LogP contribution in [0.1, 0.15) is 28.8 Å². The first-order valence-corrected chi connectivity index (χ1v) is 9.73. The number of hydrogen-bond donors (Lipinski definition) is 1. The highest BCUT2D eigenvalue weighted by Crippen LogP contribution is 2.36. The van der Waals surface area contributed by atoms with Crippen molar-refractivity contribution in [3.63, 3.8) is 0 Å². The number of benzene rings is 2. The molecule has 0 atom stereocenters. The van der Waals surface area contributed by atoms with Crippen LogP contribution >= 0.6 is 11.8 Å². The molecule has 1 aliphatic heterocycles. The van der Waals surface area contributed by atoms with Crippen molar-refractivity contribution in [2.75, 3.05) is 18.0 Å². The van der Waals surface area contributed by atoms with E-state index in [1.807, 2.05) is 12.1 Å². The van der Waals surface area contributed by atoms with E-state index >= 15 is 0 Å². The summed E-state index contributed by atoms with van der Waals surface area (Å²) in [6.07, 6.45) is 4.25. The number of piperidine rings is 1. The van der Waals surface area contributed by atoms with Gasteiger partial charge in [-0.05, 0) is 72.6 Å². The van der Waals surface area contributed by atoms with Gasteiger partial charge in [0, 0.05) is 29.2 Å². The molecule has 0 aromatic heterocycles. The molecule has 28 heavy (non-hydrogen) atoms. The number of allylic oxidation sites excluding steroid dienone is 1. The van der Waals surface area contributed by atoms with Crippen LogP contribution < -0.4 is 4.90 Å². The number of aliphatic hydroxyl groups is 1. The van der Waals surface area contributed by atoms with Crippen LogP contribution in [-0.4, -0.2) is 35.6 Å². The van der Waals surface area contributed by atoms with Crippen molar-refractivity contribution in [1.29, 1.82) is 0 Å². The van der Waals surface area contributed by atoms with Crippen molar-refractivity contribution < 1.29 is 23.1 Å². The third kappa shape index (κ3) is 5.87. The number of ketones is 1. The Hall–Kier alpha value is -2.25. The molecule has 7 heteroatoms. The van der Waals surface area contributed by atoms with Crippen molar-refractivity contribution >= 4 is 29.3 Å². The van der Waals surface area contributed by atoms with Crippen LogP contribution in [0.3, 0.4) is 0 Å². The second-order valence-electron chi connectivity index (χ2n) is 6.58.